The lowest BCUT2D eigenvalue weighted by atomic mass is 9.84. The van der Waals surface area contributed by atoms with Crippen molar-refractivity contribution in [2.24, 2.45) is 0 Å². The van der Waals surface area contributed by atoms with Gasteiger partial charge in [0.05, 0.1) is 17.7 Å². The van der Waals surface area contributed by atoms with Crippen molar-refractivity contribution >= 4 is 0 Å². The average molecular weight is 498 g/mol. The second-order valence-electron chi connectivity index (χ2n) is 7.46. The van der Waals surface area contributed by atoms with E-state index in [9.17, 15) is 30.7 Å². The highest BCUT2D eigenvalue weighted by Crippen LogP contribution is 2.36. The van der Waals surface area contributed by atoms with Crippen molar-refractivity contribution in [2.45, 2.75) is 70.8 Å². The van der Waals surface area contributed by atoms with Gasteiger partial charge >= 0.3 is 12.4 Å². The van der Waals surface area contributed by atoms with Gasteiger partial charge in [-0.2, -0.15) is 26.3 Å². The van der Waals surface area contributed by atoms with Crippen LogP contribution in [0.2, 0.25) is 0 Å². The quantitative estimate of drug-likeness (QED) is 0.413. The molecule has 0 atom stereocenters. The van der Waals surface area contributed by atoms with Gasteiger partial charge in [0.2, 0.25) is 0 Å². The van der Waals surface area contributed by atoms with Crippen molar-refractivity contribution < 1.29 is 35.8 Å². The van der Waals surface area contributed by atoms with E-state index in [1.54, 1.807) is 12.1 Å². The highest BCUT2D eigenvalue weighted by molar-refractivity contribution is 5.33. The van der Waals surface area contributed by atoms with Gasteiger partial charge in [0.25, 0.3) is 0 Å². The number of aliphatic hydroxyl groups excluding tert-OH is 1. The standard InChI is InChI=1S/C12H15F.C9H6F6O.C2H7N.C2H6/c13-12-8-6-11(7-9-12)10-4-2-1-3-5-10;10-8(11,12)6-1-5(4-16)2-7(3-6)9(13,14)15;1-3-2;1-2/h6-10H,1-5H2;1-3,16H,4H2;3H,1-2H3;1-2H3. The molecule has 0 amide bonds. The fourth-order valence-electron chi connectivity index (χ4n) is 3.28. The maximum atomic E-state index is 12.7. The third-order valence-electron chi connectivity index (χ3n) is 4.78. The van der Waals surface area contributed by atoms with Gasteiger partial charge in [-0.1, -0.05) is 45.2 Å². The molecule has 0 saturated heterocycles. The summed E-state index contributed by atoms with van der Waals surface area (Å²) in [7, 11) is 3.75. The minimum absolute atomic E-state index is 0.0131. The Bertz CT molecular complexity index is 764. The molecule has 2 aromatic rings. The summed E-state index contributed by atoms with van der Waals surface area (Å²) < 4.78 is 86.0. The highest BCUT2D eigenvalue weighted by Gasteiger charge is 2.36. The summed E-state index contributed by atoms with van der Waals surface area (Å²) >= 11 is 0. The van der Waals surface area contributed by atoms with E-state index in [1.807, 2.05) is 40.1 Å². The van der Waals surface area contributed by atoms with E-state index in [-0.39, 0.29) is 11.9 Å². The van der Waals surface area contributed by atoms with E-state index in [1.165, 1.54) is 37.7 Å². The van der Waals surface area contributed by atoms with Crippen LogP contribution in [0.3, 0.4) is 0 Å². The number of halogens is 7. The van der Waals surface area contributed by atoms with Gasteiger partial charge in [0.1, 0.15) is 5.82 Å². The monoisotopic (exact) mass is 497 g/mol. The van der Waals surface area contributed by atoms with Crippen LogP contribution in [-0.2, 0) is 19.0 Å². The van der Waals surface area contributed by atoms with Crippen LogP contribution in [0.25, 0.3) is 0 Å². The number of rotatable bonds is 2. The summed E-state index contributed by atoms with van der Waals surface area (Å²) in [5.41, 5.74) is -1.96. The van der Waals surface area contributed by atoms with E-state index >= 15 is 0 Å². The minimum Gasteiger partial charge on any atom is -0.392 e. The Hall–Kier alpha value is -2.13. The lowest BCUT2D eigenvalue weighted by Crippen LogP contribution is -2.11. The second-order valence-corrected chi connectivity index (χ2v) is 7.46. The van der Waals surface area contributed by atoms with Crippen molar-refractivity contribution in [3.05, 3.63) is 70.5 Å². The van der Waals surface area contributed by atoms with Crippen molar-refractivity contribution in [1.82, 2.24) is 5.32 Å². The average Bonchev–Trinajstić information content (AvgIpc) is 2.81. The number of nitrogens with one attached hydrogen (secondary N) is 1. The highest BCUT2D eigenvalue weighted by atomic mass is 19.4. The first-order valence-corrected chi connectivity index (χ1v) is 11.2. The van der Waals surface area contributed by atoms with E-state index in [4.69, 9.17) is 5.11 Å². The van der Waals surface area contributed by atoms with Crippen LogP contribution in [0.4, 0.5) is 30.7 Å². The minimum atomic E-state index is -4.87. The van der Waals surface area contributed by atoms with Crippen LogP contribution in [0.5, 0.6) is 0 Å². The van der Waals surface area contributed by atoms with Crippen LogP contribution in [0.1, 0.15) is 74.1 Å². The predicted molar refractivity (Wildman–Crippen MR) is 121 cm³/mol. The molecule has 1 aliphatic rings. The van der Waals surface area contributed by atoms with Crippen LogP contribution < -0.4 is 5.32 Å². The van der Waals surface area contributed by atoms with Crippen molar-refractivity contribution in [1.29, 1.82) is 0 Å². The smallest absolute Gasteiger partial charge is 0.392 e. The van der Waals surface area contributed by atoms with Gasteiger partial charge in [-0.25, -0.2) is 4.39 Å². The molecule has 0 aliphatic heterocycles. The zero-order valence-corrected chi connectivity index (χ0v) is 20.0. The van der Waals surface area contributed by atoms with Gasteiger partial charge in [-0.15, -0.1) is 0 Å². The van der Waals surface area contributed by atoms with Gasteiger partial charge in [-0.05, 0) is 74.3 Å². The summed E-state index contributed by atoms with van der Waals surface area (Å²) in [6, 6.07) is 7.99. The normalized spacial score (nSPS) is 14.0. The molecule has 9 heteroatoms. The predicted octanol–water partition coefficient (Wildman–Crippen LogP) is 7.95. The second kappa shape index (κ2) is 15.7. The zero-order chi connectivity index (χ0) is 26.4. The first-order valence-electron chi connectivity index (χ1n) is 11.2. The lowest BCUT2D eigenvalue weighted by molar-refractivity contribution is -0.143. The molecule has 0 radical (unpaired) electrons. The number of hydrogen-bond donors (Lipinski definition) is 2. The number of aliphatic hydroxyl groups is 1. The molecule has 1 saturated carbocycles. The van der Waals surface area contributed by atoms with Crippen LogP contribution in [0, 0.1) is 5.82 Å². The maximum absolute atomic E-state index is 12.7. The molecule has 0 heterocycles. The van der Waals surface area contributed by atoms with Crippen molar-refractivity contribution in [3.8, 4) is 0 Å². The summed E-state index contributed by atoms with van der Waals surface area (Å²) in [6.07, 6.45) is -3.13. The topological polar surface area (TPSA) is 32.3 Å². The molecule has 34 heavy (non-hydrogen) atoms. The van der Waals surface area contributed by atoms with E-state index < -0.39 is 35.6 Å². The van der Waals surface area contributed by atoms with Crippen LogP contribution in [-0.4, -0.2) is 19.2 Å². The fraction of sp³-hybridized carbons (Fsp3) is 0.520. The molecule has 0 spiro atoms. The summed E-state index contributed by atoms with van der Waals surface area (Å²) in [5.74, 6) is 0.564. The van der Waals surface area contributed by atoms with Gasteiger partial charge < -0.3 is 10.4 Å². The Kier molecular flexibility index (Phi) is 14.7. The van der Waals surface area contributed by atoms with Crippen LogP contribution in [0.15, 0.2) is 42.5 Å². The largest absolute Gasteiger partial charge is 0.416 e. The van der Waals surface area contributed by atoms with Crippen LogP contribution >= 0.6 is 0 Å². The third-order valence-corrected chi connectivity index (χ3v) is 4.78. The number of benzene rings is 2. The Balaban J connectivity index is 0.000000545. The van der Waals surface area contributed by atoms with E-state index in [2.05, 4.69) is 5.32 Å². The molecule has 194 valence electrons. The van der Waals surface area contributed by atoms with Gasteiger partial charge in [0, 0.05) is 0 Å². The van der Waals surface area contributed by atoms with Crippen molar-refractivity contribution in [3.63, 3.8) is 0 Å². The molecule has 0 bridgehead atoms. The zero-order valence-electron chi connectivity index (χ0n) is 20.0. The van der Waals surface area contributed by atoms with Gasteiger partial charge in [0.15, 0.2) is 0 Å². The Morgan fingerprint density at radius 2 is 1.21 bits per heavy atom. The molecule has 2 aromatic carbocycles. The molecule has 1 fully saturated rings. The fourth-order valence-corrected chi connectivity index (χ4v) is 3.28. The third kappa shape index (κ3) is 11.8. The van der Waals surface area contributed by atoms with E-state index in [0.29, 0.717) is 18.1 Å². The molecule has 1 aliphatic carbocycles. The number of alkyl halides is 6. The molecule has 0 unspecified atom stereocenters. The first-order chi connectivity index (χ1) is 15.9. The SMILES string of the molecule is CC.CNC.Fc1ccc(C2CCCCC2)cc1.OCc1cc(C(F)(F)F)cc(C(F)(F)F)c1. The summed E-state index contributed by atoms with van der Waals surface area (Å²) in [6.45, 7) is 3.12. The molecule has 2 N–H and O–H groups in total. The molecule has 3 rings (SSSR count). The Morgan fingerprint density at radius 3 is 1.56 bits per heavy atom. The van der Waals surface area contributed by atoms with E-state index in [0.717, 1.165) is 0 Å². The number of hydrogen-bond acceptors (Lipinski definition) is 2. The Labute approximate surface area is 197 Å². The molecular weight excluding hydrogens is 463 g/mol. The summed E-state index contributed by atoms with van der Waals surface area (Å²) in [5, 5.41) is 11.3. The van der Waals surface area contributed by atoms with Crippen molar-refractivity contribution in [2.75, 3.05) is 14.1 Å². The molecule has 0 aromatic heterocycles. The maximum Gasteiger partial charge on any atom is 0.416 e. The molecule has 2 nitrogen and oxygen atoms in total. The molecular formula is C25H34F7NO. The Morgan fingerprint density at radius 1 is 0.794 bits per heavy atom. The summed E-state index contributed by atoms with van der Waals surface area (Å²) in [4.78, 5) is 0. The van der Waals surface area contributed by atoms with Gasteiger partial charge in [-0.3, -0.25) is 0 Å². The lowest BCUT2D eigenvalue weighted by Gasteiger charge is -2.21. The first kappa shape index (κ1) is 31.9.